The first-order valence-electron chi connectivity index (χ1n) is 6.44. The number of carbonyl (C=O) groups is 2. The molecule has 0 bridgehead atoms. The van der Waals surface area contributed by atoms with Crippen LogP contribution in [0.1, 0.15) is 53.4 Å². The molecule has 0 aromatic carbocycles. The van der Waals surface area contributed by atoms with E-state index in [0.29, 0.717) is 11.2 Å². The van der Waals surface area contributed by atoms with Gasteiger partial charge in [0.1, 0.15) is 11.4 Å². The van der Waals surface area contributed by atoms with Crippen molar-refractivity contribution in [2.75, 3.05) is 0 Å². The monoisotopic (exact) mass is 238 g/mol. The molecular weight excluding hydrogens is 216 g/mol. The van der Waals surface area contributed by atoms with Crippen molar-refractivity contribution < 1.29 is 14.3 Å². The van der Waals surface area contributed by atoms with Gasteiger partial charge in [0.25, 0.3) is 0 Å². The van der Waals surface area contributed by atoms with Crippen LogP contribution in [0, 0.1) is 17.3 Å². The highest BCUT2D eigenvalue weighted by molar-refractivity contribution is 5.80. The Hall–Kier alpha value is -0.860. The van der Waals surface area contributed by atoms with E-state index in [1.54, 1.807) is 6.92 Å². The Balaban J connectivity index is 1.77. The molecule has 0 aromatic rings. The van der Waals surface area contributed by atoms with Gasteiger partial charge in [0.15, 0.2) is 0 Å². The van der Waals surface area contributed by atoms with E-state index in [1.807, 2.05) is 20.8 Å². The summed E-state index contributed by atoms with van der Waals surface area (Å²) in [6, 6.07) is 0. The van der Waals surface area contributed by atoms with E-state index in [2.05, 4.69) is 0 Å². The first-order chi connectivity index (χ1) is 7.71. The summed E-state index contributed by atoms with van der Waals surface area (Å²) < 4.78 is 5.37. The van der Waals surface area contributed by atoms with Crippen LogP contribution >= 0.6 is 0 Å². The van der Waals surface area contributed by atoms with Crippen molar-refractivity contribution in [3.63, 3.8) is 0 Å². The lowest BCUT2D eigenvalue weighted by atomic mass is 9.47. The molecule has 2 fully saturated rings. The fourth-order valence-electron chi connectivity index (χ4n) is 3.14. The van der Waals surface area contributed by atoms with Crippen LogP contribution in [0.4, 0.5) is 0 Å². The van der Waals surface area contributed by atoms with Gasteiger partial charge < -0.3 is 4.74 Å². The van der Waals surface area contributed by atoms with Crippen molar-refractivity contribution in [3.05, 3.63) is 0 Å². The molecule has 0 aromatic heterocycles. The quantitative estimate of drug-likeness (QED) is 0.695. The fourth-order valence-corrected chi connectivity index (χ4v) is 3.14. The minimum Gasteiger partial charge on any atom is -0.460 e. The molecule has 1 spiro atoms. The van der Waals surface area contributed by atoms with Gasteiger partial charge in [-0.2, -0.15) is 0 Å². The number of ketones is 1. The van der Waals surface area contributed by atoms with Crippen molar-refractivity contribution in [1.82, 2.24) is 0 Å². The molecule has 0 radical (unpaired) electrons. The van der Waals surface area contributed by atoms with E-state index in [0.717, 1.165) is 25.7 Å². The average molecular weight is 238 g/mol. The maximum atomic E-state index is 11.8. The highest BCUT2D eigenvalue weighted by atomic mass is 16.6. The summed E-state index contributed by atoms with van der Waals surface area (Å²) in [5.41, 5.74) is -0.0841. The summed E-state index contributed by atoms with van der Waals surface area (Å²) in [6.45, 7) is 7.36. The second-order valence-electron chi connectivity index (χ2n) is 6.85. The van der Waals surface area contributed by atoms with Gasteiger partial charge in [-0.05, 0) is 58.8 Å². The van der Waals surface area contributed by atoms with Crippen LogP contribution in [0.15, 0.2) is 0 Å². The summed E-state index contributed by atoms with van der Waals surface area (Å²) in [5, 5.41) is 0. The van der Waals surface area contributed by atoms with Crippen LogP contribution in [0.3, 0.4) is 0 Å². The third-order valence-corrected chi connectivity index (χ3v) is 4.03. The van der Waals surface area contributed by atoms with Gasteiger partial charge in [-0.15, -0.1) is 0 Å². The van der Waals surface area contributed by atoms with E-state index >= 15 is 0 Å². The molecule has 2 aliphatic carbocycles. The number of carbonyl (C=O) groups excluding carboxylic acids is 2. The van der Waals surface area contributed by atoms with Crippen LogP contribution in [0.25, 0.3) is 0 Å². The van der Waals surface area contributed by atoms with Gasteiger partial charge in [0, 0.05) is 5.92 Å². The predicted molar refractivity (Wildman–Crippen MR) is 64.4 cm³/mol. The van der Waals surface area contributed by atoms with Gasteiger partial charge >= 0.3 is 5.97 Å². The molecular formula is C14H22O3. The minimum absolute atomic E-state index is 0.0607. The van der Waals surface area contributed by atoms with E-state index < -0.39 is 0 Å². The first-order valence-corrected chi connectivity index (χ1v) is 6.44. The second-order valence-corrected chi connectivity index (χ2v) is 6.85. The molecule has 0 saturated heterocycles. The van der Waals surface area contributed by atoms with E-state index in [4.69, 9.17) is 4.74 Å². The molecule has 2 rings (SSSR count). The smallest absolute Gasteiger partial charge is 0.309 e. The molecule has 2 aliphatic rings. The zero-order valence-corrected chi connectivity index (χ0v) is 11.2. The Morgan fingerprint density at radius 2 is 1.53 bits per heavy atom. The average Bonchev–Trinajstić information content (AvgIpc) is 1.93. The van der Waals surface area contributed by atoms with E-state index in [1.165, 1.54) is 0 Å². The van der Waals surface area contributed by atoms with Gasteiger partial charge in [-0.3, -0.25) is 9.59 Å². The molecule has 0 heterocycles. The number of esters is 1. The summed E-state index contributed by atoms with van der Waals surface area (Å²) in [4.78, 5) is 23.0. The zero-order chi connectivity index (χ0) is 12.8. The Bertz CT molecular complexity index is 337. The third kappa shape index (κ3) is 2.53. The Labute approximate surface area is 103 Å². The van der Waals surface area contributed by atoms with E-state index in [-0.39, 0.29) is 23.4 Å². The lowest BCUT2D eigenvalue weighted by Gasteiger charge is -2.56. The maximum absolute atomic E-state index is 11.8. The number of hydrogen-bond acceptors (Lipinski definition) is 3. The van der Waals surface area contributed by atoms with Crippen molar-refractivity contribution in [3.8, 4) is 0 Å². The molecule has 3 nitrogen and oxygen atoms in total. The van der Waals surface area contributed by atoms with Crippen LogP contribution in [-0.2, 0) is 14.3 Å². The van der Waals surface area contributed by atoms with Crippen LogP contribution in [0.2, 0.25) is 0 Å². The van der Waals surface area contributed by atoms with Crippen molar-refractivity contribution in [2.24, 2.45) is 17.3 Å². The van der Waals surface area contributed by atoms with Crippen molar-refractivity contribution in [2.45, 2.75) is 59.0 Å². The van der Waals surface area contributed by atoms with Crippen molar-refractivity contribution >= 4 is 11.8 Å². The first kappa shape index (κ1) is 12.6. The second kappa shape index (κ2) is 3.82. The van der Waals surface area contributed by atoms with Crippen molar-refractivity contribution in [1.29, 1.82) is 0 Å². The van der Waals surface area contributed by atoms with Crippen LogP contribution < -0.4 is 0 Å². The topological polar surface area (TPSA) is 43.4 Å². The number of rotatable bonds is 2. The number of Topliss-reactive ketones (excluding diaryl/α,β-unsaturated/α-hetero) is 1. The normalized spacial score (nSPS) is 36.0. The standard InChI is InChI=1S/C14H22O3/c1-9(15)10-5-14(6-10)7-11(8-14)12(16)17-13(2,3)4/h10-11H,5-8H2,1-4H3. The Morgan fingerprint density at radius 3 is 1.94 bits per heavy atom. The van der Waals surface area contributed by atoms with Gasteiger partial charge in [-0.25, -0.2) is 0 Å². The van der Waals surface area contributed by atoms with Gasteiger partial charge in [-0.1, -0.05) is 0 Å². The largest absolute Gasteiger partial charge is 0.460 e. The number of ether oxygens (including phenoxy) is 1. The summed E-state index contributed by atoms with van der Waals surface area (Å²) in [7, 11) is 0. The molecule has 96 valence electrons. The molecule has 0 amide bonds. The molecule has 2 saturated carbocycles. The Morgan fingerprint density at radius 1 is 1.06 bits per heavy atom. The molecule has 17 heavy (non-hydrogen) atoms. The molecule has 3 heteroatoms. The van der Waals surface area contributed by atoms with Crippen LogP contribution in [-0.4, -0.2) is 17.4 Å². The molecule has 0 N–H and O–H groups in total. The summed E-state index contributed by atoms with van der Waals surface area (Å²) in [5.74, 6) is 0.572. The third-order valence-electron chi connectivity index (χ3n) is 4.03. The zero-order valence-electron chi connectivity index (χ0n) is 11.2. The maximum Gasteiger partial charge on any atom is 0.309 e. The van der Waals surface area contributed by atoms with E-state index in [9.17, 15) is 9.59 Å². The fraction of sp³-hybridized carbons (Fsp3) is 0.857. The van der Waals surface area contributed by atoms with Crippen LogP contribution in [0.5, 0.6) is 0 Å². The molecule has 0 aliphatic heterocycles. The lowest BCUT2D eigenvalue weighted by Crippen LogP contribution is -2.52. The Kier molecular flexibility index (Phi) is 2.83. The van der Waals surface area contributed by atoms with Gasteiger partial charge in [0.05, 0.1) is 5.92 Å². The van der Waals surface area contributed by atoms with Gasteiger partial charge in [0.2, 0.25) is 0 Å². The lowest BCUT2D eigenvalue weighted by molar-refractivity contribution is -0.176. The number of hydrogen-bond donors (Lipinski definition) is 0. The highest BCUT2D eigenvalue weighted by Crippen LogP contribution is 2.61. The highest BCUT2D eigenvalue weighted by Gasteiger charge is 2.56. The summed E-state index contributed by atoms with van der Waals surface area (Å²) >= 11 is 0. The molecule has 0 atom stereocenters. The molecule has 0 unspecified atom stereocenters. The summed E-state index contributed by atoms with van der Waals surface area (Å²) in [6.07, 6.45) is 3.82. The predicted octanol–water partition coefficient (Wildman–Crippen LogP) is 2.72. The SMILES string of the molecule is CC(=O)C1CC2(C1)CC(C(=O)OC(C)(C)C)C2. The minimum atomic E-state index is -0.388.